The number of nitrogens with zero attached hydrogens (tertiary/aromatic N) is 4. The number of furan rings is 1. The fourth-order valence-corrected chi connectivity index (χ4v) is 3.97. The van der Waals surface area contributed by atoms with Gasteiger partial charge in [0.2, 0.25) is 0 Å². The Labute approximate surface area is 202 Å². The predicted octanol–water partition coefficient (Wildman–Crippen LogP) is 4.37. The summed E-state index contributed by atoms with van der Waals surface area (Å²) in [5, 5.41) is 10.1. The molecule has 5 rings (SSSR count). The number of aryl methyl sites for hydroxylation is 1. The molecule has 0 saturated heterocycles. The molecule has 0 fully saturated rings. The molecule has 35 heavy (non-hydrogen) atoms. The molecule has 3 heterocycles. The van der Waals surface area contributed by atoms with Crippen LogP contribution >= 0.6 is 0 Å². The molecule has 0 radical (unpaired) electrons. The lowest BCUT2D eigenvalue weighted by Crippen LogP contribution is -2.31. The highest BCUT2D eigenvalue weighted by molar-refractivity contribution is 6.03. The third-order valence-electron chi connectivity index (χ3n) is 5.84. The maximum atomic E-state index is 13.0. The Morgan fingerprint density at radius 2 is 1.86 bits per heavy atom. The third-order valence-corrected chi connectivity index (χ3v) is 5.84. The van der Waals surface area contributed by atoms with E-state index in [0.717, 1.165) is 22.4 Å². The molecule has 176 valence electrons. The Kier molecular flexibility index (Phi) is 6.26. The zero-order valence-corrected chi connectivity index (χ0v) is 19.2. The fourth-order valence-electron chi connectivity index (χ4n) is 3.97. The van der Waals surface area contributed by atoms with Crippen LogP contribution in [0.25, 0.3) is 0 Å². The lowest BCUT2D eigenvalue weighted by molar-refractivity contribution is -0.136. The highest BCUT2D eigenvalue weighted by Crippen LogP contribution is 2.33. The summed E-state index contributed by atoms with van der Waals surface area (Å²) in [7, 11) is 0. The number of hydrogen-bond acceptors (Lipinski definition) is 6. The van der Waals surface area contributed by atoms with Gasteiger partial charge in [-0.15, -0.1) is 0 Å². The third kappa shape index (κ3) is 5.06. The summed E-state index contributed by atoms with van der Waals surface area (Å²) < 4.78 is 12.7. The molecule has 0 bridgehead atoms. The quantitative estimate of drug-likeness (QED) is 0.376. The topological polar surface area (TPSA) is 89.9 Å². The van der Waals surface area contributed by atoms with Crippen molar-refractivity contribution in [1.29, 1.82) is 0 Å². The molecule has 8 nitrogen and oxygen atoms in total. The van der Waals surface area contributed by atoms with Crippen LogP contribution in [0.4, 0.5) is 0 Å². The average molecular weight is 469 g/mol. The van der Waals surface area contributed by atoms with Gasteiger partial charge in [0, 0.05) is 18.8 Å². The lowest BCUT2D eigenvalue weighted by Gasteiger charge is -2.19. The predicted molar refractivity (Wildman–Crippen MR) is 129 cm³/mol. The van der Waals surface area contributed by atoms with Crippen molar-refractivity contribution < 1.29 is 18.7 Å². The first kappa shape index (κ1) is 22.3. The number of rotatable bonds is 7. The molecule has 1 unspecified atom stereocenters. The number of aromatic nitrogens is 2. The number of benzene rings is 2. The van der Waals surface area contributed by atoms with Crippen molar-refractivity contribution in [2.75, 3.05) is 6.61 Å². The Morgan fingerprint density at radius 3 is 2.54 bits per heavy atom. The molecular weight excluding hydrogens is 444 g/mol. The molecule has 1 atom stereocenters. The van der Waals surface area contributed by atoms with Gasteiger partial charge in [0.15, 0.2) is 6.61 Å². The molecule has 1 amide bonds. The van der Waals surface area contributed by atoms with Crippen LogP contribution < -0.4 is 0 Å². The van der Waals surface area contributed by atoms with E-state index in [9.17, 15) is 9.59 Å². The number of hydrazone groups is 1. The van der Waals surface area contributed by atoms with Gasteiger partial charge < -0.3 is 9.15 Å². The normalized spacial score (nSPS) is 15.2. The zero-order valence-electron chi connectivity index (χ0n) is 19.2. The molecule has 1 aliphatic heterocycles. The van der Waals surface area contributed by atoms with Crippen molar-refractivity contribution in [1.82, 2.24) is 14.8 Å². The van der Waals surface area contributed by atoms with Crippen molar-refractivity contribution >= 4 is 17.6 Å². The van der Waals surface area contributed by atoms with Gasteiger partial charge in [-0.05, 0) is 48.4 Å². The Morgan fingerprint density at radius 1 is 1.06 bits per heavy atom. The van der Waals surface area contributed by atoms with Gasteiger partial charge in [0.05, 0.1) is 24.1 Å². The highest BCUT2D eigenvalue weighted by atomic mass is 16.5. The molecule has 2 aromatic carbocycles. The Hall–Kier alpha value is -4.46. The first-order chi connectivity index (χ1) is 17.1. The monoisotopic (exact) mass is 468 g/mol. The van der Waals surface area contributed by atoms with Gasteiger partial charge in [-0.2, -0.15) is 10.2 Å². The maximum absolute atomic E-state index is 13.0. The summed E-state index contributed by atoms with van der Waals surface area (Å²) in [5.74, 6) is -0.360. The second-order valence-electron chi connectivity index (χ2n) is 8.36. The first-order valence-electron chi connectivity index (χ1n) is 11.3. The summed E-state index contributed by atoms with van der Waals surface area (Å²) in [4.78, 5) is 25.6. The zero-order chi connectivity index (χ0) is 24.2. The molecular formula is C27H24N4O4. The fraction of sp³-hybridized carbons (Fsp3) is 0.185. The summed E-state index contributed by atoms with van der Waals surface area (Å²) in [6.07, 6.45) is 5.66. The van der Waals surface area contributed by atoms with Crippen LogP contribution in [0.15, 0.2) is 94.9 Å². The van der Waals surface area contributed by atoms with E-state index in [2.05, 4.69) is 10.2 Å². The van der Waals surface area contributed by atoms with Crippen LogP contribution in [-0.2, 0) is 16.1 Å². The van der Waals surface area contributed by atoms with Gasteiger partial charge >= 0.3 is 5.97 Å². The van der Waals surface area contributed by atoms with E-state index in [-0.39, 0.29) is 0 Å². The standard InChI is InChI=1S/C27H24N4O4/c1-19-5-9-21(10-6-19)23-16-24(25-4-2-15-34-25)31(29-23)26(32)18-35-27(33)22-11-7-20(8-12-22)17-30-14-3-13-28-30/h2-15,24H,16-18H2,1H3. The van der Waals surface area contributed by atoms with E-state index < -0.39 is 24.5 Å². The van der Waals surface area contributed by atoms with Crippen LogP contribution in [0.5, 0.6) is 0 Å². The van der Waals surface area contributed by atoms with E-state index in [1.54, 1.807) is 35.3 Å². The summed E-state index contributed by atoms with van der Waals surface area (Å²) in [6.45, 7) is 2.20. The minimum absolute atomic E-state index is 0.370. The van der Waals surface area contributed by atoms with Crippen molar-refractivity contribution in [2.45, 2.75) is 25.9 Å². The maximum Gasteiger partial charge on any atom is 0.338 e. The molecule has 0 N–H and O–H groups in total. The van der Waals surface area contributed by atoms with E-state index >= 15 is 0 Å². The minimum Gasteiger partial charge on any atom is -0.467 e. The molecule has 0 aliphatic carbocycles. The van der Waals surface area contributed by atoms with Crippen molar-refractivity contribution in [3.63, 3.8) is 0 Å². The molecule has 8 heteroatoms. The second-order valence-corrected chi connectivity index (χ2v) is 8.36. The van der Waals surface area contributed by atoms with Crippen LogP contribution in [0.3, 0.4) is 0 Å². The average Bonchev–Trinajstić information content (AvgIpc) is 3.65. The largest absolute Gasteiger partial charge is 0.467 e. The number of amides is 1. The van der Waals surface area contributed by atoms with Crippen LogP contribution in [0.2, 0.25) is 0 Å². The van der Waals surface area contributed by atoms with E-state index in [1.807, 2.05) is 61.7 Å². The van der Waals surface area contributed by atoms with Crippen molar-refractivity contribution in [3.8, 4) is 0 Å². The summed E-state index contributed by atoms with van der Waals surface area (Å²) in [6, 6.07) is 20.1. The SMILES string of the molecule is Cc1ccc(C2=NN(C(=O)COC(=O)c3ccc(Cn4cccn4)cc3)C(c3ccco3)C2)cc1. The number of ether oxygens (including phenoxy) is 1. The van der Waals surface area contributed by atoms with E-state index in [1.165, 1.54) is 5.01 Å². The van der Waals surface area contributed by atoms with Gasteiger partial charge in [-0.25, -0.2) is 9.80 Å². The van der Waals surface area contributed by atoms with Gasteiger partial charge in [-0.1, -0.05) is 42.0 Å². The number of hydrogen-bond donors (Lipinski definition) is 0. The first-order valence-corrected chi connectivity index (χ1v) is 11.3. The second kappa shape index (κ2) is 9.80. The van der Waals surface area contributed by atoms with Crippen molar-refractivity contribution in [3.05, 3.63) is 113 Å². The van der Waals surface area contributed by atoms with E-state index in [0.29, 0.717) is 24.3 Å². The number of esters is 1. The molecule has 0 spiro atoms. The Balaban J connectivity index is 1.25. The molecule has 1 aliphatic rings. The van der Waals surface area contributed by atoms with Gasteiger partial charge in [-0.3, -0.25) is 9.48 Å². The van der Waals surface area contributed by atoms with E-state index in [4.69, 9.17) is 9.15 Å². The highest BCUT2D eigenvalue weighted by Gasteiger charge is 2.35. The summed E-state index contributed by atoms with van der Waals surface area (Å²) >= 11 is 0. The molecule has 0 saturated carbocycles. The number of carbonyl (C=O) groups is 2. The summed E-state index contributed by atoms with van der Waals surface area (Å²) in [5.41, 5.74) is 4.23. The number of carbonyl (C=O) groups excluding carboxylic acids is 2. The minimum atomic E-state index is -0.569. The lowest BCUT2D eigenvalue weighted by atomic mass is 10.0. The Bertz CT molecular complexity index is 1330. The van der Waals surface area contributed by atoms with Crippen molar-refractivity contribution in [2.24, 2.45) is 5.10 Å². The van der Waals surface area contributed by atoms with Crippen LogP contribution in [0, 0.1) is 6.92 Å². The molecule has 4 aromatic rings. The van der Waals surface area contributed by atoms with Gasteiger partial charge in [0.1, 0.15) is 11.8 Å². The van der Waals surface area contributed by atoms with Crippen LogP contribution in [-0.4, -0.2) is 39.0 Å². The van der Waals surface area contributed by atoms with Crippen LogP contribution in [0.1, 0.15) is 45.3 Å². The van der Waals surface area contributed by atoms with Gasteiger partial charge in [0.25, 0.3) is 5.91 Å². The smallest absolute Gasteiger partial charge is 0.338 e. The molecule has 2 aromatic heterocycles.